The number of ketones is 1. The van der Waals surface area contributed by atoms with E-state index in [4.69, 9.17) is 11.6 Å². The predicted octanol–water partition coefficient (Wildman–Crippen LogP) is 3.91. The molecule has 0 aromatic heterocycles. The van der Waals surface area contributed by atoms with Crippen molar-refractivity contribution in [1.82, 2.24) is 0 Å². The number of Topliss-reactive ketones (excluding diaryl/α,β-unsaturated/α-hetero) is 1. The maximum Gasteiger partial charge on any atom is 0.181 e. The molecule has 0 aliphatic heterocycles. The van der Waals surface area contributed by atoms with Crippen LogP contribution in [0, 0.1) is 11.6 Å². The smallest absolute Gasteiger partial charge is 0.181 e. The average molecular weight is 348 g/mol. The van der Waals surface area contributed by atoms with Crippen LogP contribution in [0.15, 0.2) is 15.0 Å². The highest BCUT2D eigenvalue weighted by molar-refractivity contribution is 9.11. The molecular weight excluding hydrogens is 345 g/mol. The first kappa shape index (κ1) is 12.1. The Balaban J connectivity index is 3.47. The first-order chi connectivity index (χ1) is 6.49. The molecule has 0 atom stereocenters. The second-order valence-corrected chi connectivity index (χ2v) is 4.31. The van der Waals surface area contributed by atoms with E-state index in [1.165, 1.54) is 0 Å². The van der Waals surface area contributed by atoms with Crippen molar-refractivity contribution in [2.24, 2.45) is 0 Å². The highest BCUT2D eigenvalue weighted by atomic mass is 79.9. The minimum atomic E-state index is -0.816. The van der Waals surface area contributed by atoms with Crippen LogP contribution in [0.3, 0.4) is 0 Å². The normalized spacial score (nSPS) is 10.4. The third-order valence-electron chi connectivity index (χ3n) is 1.51. The predicted molar refractivity (Wildman–Crippen MR) is 56.8 cm³/mol. The van der Waals surface area contributed by atoms with Gasteiger partial charge in [0, 0.05) is 0 Å². The van der Waals surface area contributed by atoms with E-state index in [0.717, 1.165) is 6.07 Å². The van der Waals surface area contributed by atoms with Crippen LogP contribution in [0.5, 0.6) is 0 Å². The monoisotopic (exact) mass is 346 g/mol. The molecule has 0 bridgehead atoms. The Morgan fingerprint density at radius 3 is 2.50 bits per heavy atom. The molecule has 0 fully saturated rings. The number of alkyl halides is 1. The van der Waals surface area contributed by atoms with Crippen LogP contribution in [0.1, 0.15) is 10.4 Å². The lowest BCUT2D eigenvalue weighted by Crippen LogP contribution is -2.07. The number of carbonyl (C=O) groups is 1. The van der Waals surface area contributed by atoms with E-state index < -0.39 is 23.3 Å². The Morgan fingerprint density at radius 1 is 1.43 bits per heavy atom. The molecule has 0 spiro atoms. The summed E-state index contributed by atoms with van der Waals surface area (Å²) in [5.74, 6) is -2.60. The van der Waals surface area contributed by atoms with Crippen molar-refractivity contribution in [1.29, 1.82) is 0 Å². The van der Waals surface area contributed by atoms with E-state index in [1.54, 1.807) is 0 Å². The Kier molecular flexibility index (Phi) is 4.04. The molecule has 0 unspecified atom stereocenters. The summed E-state index contributed by atoms with van der Waals surface area (Å²) in [6.45, 7) is 0. The first-order valence-corrected chi connectivity index (χ1v) is 5.53. The molecule has 76 valence electrons. The largest absolute Gasteiger partial charge is 0.293 e. The zero-order chi connectivity index (χ0) is 10.9. The van der Waals surface area contributed by atoms with Gasteiger partial charge in [-0.05, 0) is 37.9 Å². The third-order valence-corrected chi connectivity index (χ3v) is 3.11. The molecule has 0 N–H and O–H groups in total. The summed E-state index contributed by atoms with van der Waals surface area (Å²) in [4.78, 5) is 11.2. The molecule has 1 aromatic carbocycles. The van der Waals surface area contributed by atoms with Gasteiger partial charge in [0.1, 0.15) is 11.6 Å². The molecule has 1 aromatic rings. The molecule has 0 radical (unpaired) electrons. The van der Waals surface area contributed by atoms with Gasteiger partial charge < -0.3 is 0 Å². The molecule has 6 heteroatoms. The number of hydrogen-bond donors (Lipinski definition) is 0. The van der Waals surface area contributed by atoms with Crippen molar-refractivity contribution in [2.75, 3.05) is 5.88 Å². The van der Waals surface area contributed by atoms with Crippen LogP contribution in [0.4, 0.5) is 8.78 Å². The molecule has 0 aliphatic carbocycles. The summed E-state index contributed by atoms with van der Waals surface area (Å²) in [5, 5.41) is 0. The van der Waals surface area contributed by atoms with Crippen molar-refractivity contribution >= 4 is 49.2 Å². The van der Waals surface area contributed by atoms with Gasteiger partial charge in [0.15, 0.2) is 5.78 Å². The van der Waals surface area contributed by atoms with Gasteiger partial charge in [-0.1, -0.05) is 0 Å². The Morgan fingerprint density at radius 2 is 2.00 bits per heavy atom. The minimum absolute atomic E-state index is 0.105. The van der Waals surface area contributed by atoms with E-state index in [2.05, 4.69) is 31.9 Å². The number of benzene rings is 1. The van der Waals surface area contributed by atoms with Crippen LogP contribution < -0.4 is 0 Å². The summed E-state index contributed by atoms with van der Waals surface area (Å²) >= 11 is 10.8. The highest BCUT2D eigenvalue weighted by Gasteiger charge is 2.20. The fraction of sp³-hybridized carbons (Fsp3) is 0.125. The molecule has 0 heterocycles. The van der Waals surface area contributed by atoms with Gasteiger partial charge in [-0.15, -0.1) is 11.6 Å². The number of carbonyl (C=O) groups excluding carboxylic acids is 1. The zero-order valence-electron chi connectivity index (χ0n) is 6.58. The SMILES string of the molecule is O=C(CCl)c1c(F)c(Br)cc(F)c1Br. The first-order valence-electron chi connectivity index (χ1n) is 3.41. The summed E-state index contributed by atoms with van der Waals surface area (Å²) in [7, 11) is 0. The molecule has 1 nitrogen and oxygen atoms in total. The van der Waals surface area contributed by atoms with E-state index in [1.807, 2.05) is 0 Å². The summed E-state index contributed by atoms with van der Waals surface area (Å²) in [6, 6.07) is 0.935. The van der Waals surface area contributed by atoms with Crippen LogP contribution in [-0.2, 0) is 0 Å². The zero-order valence-corrected chi connectivity index (χ0v) is 10.5. The third kappa shape index (κ3) is 2.15. The van der Waals surface area contributed by atoms with Gasteiger partial charge in [0.05, 0.1) is 20.4 Å². The summed E-state index contributed by atoms with van der Waals surface area (Å²) < 4.78 is 26.1. The molecule has 0 saturated carbocycles. The maximum absolute atomic E-state index is 13.4. The lowest BCUT2D eigenvalue weighted by atomic mass is 10.1. The average Bonchev–Trinajstić information content (AvgIpc) is 2.15. The Bertz CT molecular complexity index is 369. The van der Waals surface area contributed by atoms with Gasteiger partial charge in [0.2, 0.25) is 0 Å². The fourth-order valence-corrected chi connectivity index (χ4v) is 1.93. The van der Waals surface area contributed by atoms with E-state index in [-0.39, 0.29) is 14.5 Å². The Hall–Kier alpha value is -0.0000000000000000555. The van der Waals surface area contributed by atoms with Gasteiger partial charge in [-0.2, -0.15) is 0 Å². The van der Waals surface area contributed by atoms with Crippen molar-refractivity contribution in [3.63, 3.8) is 0 Å². The van der Waals surface area contributed by atoms with Crippen molar-refractivity contribution < 1.29 is 13.6 Å². The summed E-state index contributed by atoms with van der Waals surface area (Å²) in [6.07, 6.45) is 0. The van der Waals surface area contributed by atoms with Crippen LogP contribution in [0.2, 0.25) is 0 Å². The highest BCUT2D eigenvalue weighted by Crippen LogP contribution is 2.29. The van der Waals surface area contributed by atoms with E-state index in [0.29, 0.717) is 0 Å². The molecular formula is C8H3Br2ClF2O. The quantitative estimate of drug-likeness (QED) is 0.450. The van der Waals surface area contributed by atoms with Gasteiger partial charge in [0.25, 0.3) is 0 Å². The molecule has 0 saturated heterocycles. The maximum atomic E-state index is 13.4. The fourth-order valence-electron chi connectivity index (χ4n) is 0.885. The lowest BCUT2D eigenvalue weighted by Gasteiger charge is -2.05. The molecule has 0 amide bonds. The standard InChI is InChI=1S/C8H3Br2ClF2O/c9-3-1-4(12)7(10)6(8(3)13)5(14)2-11/h1H,2H2. The second-order valence-electron chi connectivity index (χ2n) is 2.40. The molecule has 1 rings (SSSR count). The topological polar surface area (TPSA) is 17.1 Å². The number of hydrogen-bond acceptors (Lipinski definition) is 1. The van der Waals surface area contributed by atoms with Gasteiger partial charge in [-0.3, -0.25) is 4.79 Å². The Labute approximate surface area is 101 Å². The van der Waals surface area contributed by atoms with Gasteiger partial charge >= 0.3 is 0 Å². The number of rotatable bonds is 2. The van der Waals surface area contributed by atoms with E-state index >= 15 is 0 Å². The van der Waals surface area contributed by atoms with E-state index in [9.17, 15) is 13.6 Å². The van der Waals surface area contributed by atoms with Crippen molar-refractivity contribution in [3.8, 4) is 0 Å². The lowest BCUT2D eigenvalue weighted by molar-refractivity contribution is 0.101. The minimum Gasteiger partial charge on any atom is -0.293 e. The second kappa shape index (κ2) is 4.68. The van der Waals surface area contributed by atoms with Crippen LogP contribution in [0.25, 0.3) is 0 Å². The van der Waals surface area contributed by atoms with Crippen LogP contribution >= 0.6 is 43.5 Å². The molecule has 0 aliphatic rings. The van der Waals surface area contributed by atoms with Crippen LogP contribution in [-0.4, -0.2) is 11.7 Å². The van der Waals surface area contributed by atoms with Gasteiger partial charge in [-0.25, -0.2) is 8.78 Å². The van der Waals surface area contributed by atoms with Crippen molar-refractivity contribution in [2.45, 2.75) is 0 Å². The number of halogens is 5. The van der Waals surface area contributed by atoms with Crippen molar-refractivity contribution in [3.05, 3.63) is 32.2 Å². The molecule has 14 heavy (non-hydrogen) atoms. The summed E-state index contributed by atoms with van der Waals surface area (Å²) in [5.41, 5.74) is -0.369.